The van der Waals surface area contributed by atoms with Crippen molar-refractivity contribution in [3.8, 4) is 0 Å². The summed E-state index contributed by atoms with van der Waals surface area (Å²) in [7, 11) is 0. The summed E-state index contributed by atoms with van der Waals surface area (Å²) in [4.78, 5) is 14.6. The Morgan fingerprint density at radius 2 is 2.00 bits per heavy atom. The van der Waals surface area contributed by atoms with Crippen LogP contribution in [0.3, 0.4) is 0 Å². The van der Waals surface area contributed by atoms with Crippen LogP contribution in [0.4, 0.5) is 5.82 Å². The number of hydrogen-bond donors (Lipinski definition) is 1. The fourth-order valence-corrected chi connectivity index (χ4v) is 4.28. The Morgan fingerprint density at radius 1 is 1.21 bits per heavy atom. The van der Waals surface area contributed by atoms with Gasteiger partial charge in [-0.15, -0.1) is 5.10 Å². The lowest BCUT2D eigenvalue weighted by atomic mass is 9.96. The minimum Gasteiger partial charge on any atom is -0.361 e. The maximum Gasteiger partial charge on any atom is 0.220 e. The van der Waals surface area contributed by atoms with Gasteiger partial charge in [-0.2, -0.15) is 5.10 Å². The summed E-state index contributed by atoms with van der Waals surface area (Å²) in [5, 5.41) is 16.0. The van der Waals surface area contributed by atoms with Gasteiger partial charge in [0, 0.05) is 31.1 Å². The van der Waals surface area contributed by atoms with E-state index in [9.17, 15) is 4.79 Å². The van der Waals surface area contributed by atoms with Gasteiger partial charge in [-0.1, -0.05) is 5.16 Å². The molecule has 1 aliphatic heterocycles. The second-order valence-corrected chi connectivity index (χ2v) is 8.01. The highest BCUT2D eigenvalue weighted by molar-refractivity contribution is 5.76. The number of carbonyl (C=O) groups excluding carboxylic acids is 1. The third-order valence-electron chi connectivity index (χ3n) is 6.02. The third-order valence-corrected chi connectivity index (χ3v) is 6.02. The molecule has 1 N–H and O–H groups in total. The monoisotopic (exact) mass is 383 g/mol. The summed E-state index contributed by atoms with van der Waals surface area (Å²) >= 11 is 0. The van der Waals surface area contributed by atoms with Crippen LogP contribution in [0.25, 0.3) is 0 Å². The first-order valence-corrected chi connectivity index (χ1v) is 10.4. The summed E-state index contributed by atoms with van der Waals surface area (Å²) < 4.78 is 5.17. The van der Waals surface area contributed by atoms with E-state index >= 15 is 0 Å². The van der Waals surface area contributed by atoms with E-state index in [-0.39, 0.29) is 11.9 Å². The van der Waals surface area contributed by atoms with Crippen molar-refractivity contribution >= 4 is 11.7 Å². The van der Waals surface area contributed by atoms with E-state index in [4.69, 9.17) is 4.52 Å². The van der Waals surface area contributed by atoms with Gasteiger partial charge in [0.05, 0.1) is 11.4 Å². The number of piperidine rings is 1. The fraction of sp³-hybridized carbons (Fsp3) is 0.619. The van der Waals surface area contributed by atoms with Crippen molar-refractivity contribution in [3.05, 3.63) is 34.3 Å². The fourth-order valence-electron chi connectivity index (χ4n) is 4.28. The molecule has 2 aromatic heterocycles. The number of aryl methyl sites for hydroxylation is 4. The number of rotatable bonds is 5. The minimum atomic E-state index is 0.104. The highest BCUT2D eigenvalue weighted by atomic mass is 16.5. The molecular weight excluding hydrogens is 354 g/mol. The Bertz CT molecular complexity index is 820. The molecule has 0 bridgehead atoms. The van der Waals surface area contributed by atoms with Crippen LogP contribution in [0.15, 0.2) is 10.6 Å². The van der Waals surface area contributed by atoms with Crippen LogP contribution < -0.4 is 10.2 Å². The number of hydrogen-bond acceptors (Lipinski definition) is 6. The molecule has 2 aromatic rings. The van der Waals surface area contributed by atoms with E-state index in [1.807, 2.05) is 13.8 Å². The van der Waals surface area contributed by atoms with E-state index in [2.05, 4.69) is 31.6 Å². The van der Waals surface area contributed by atoms with Crippen LogP contribution in [-0.2, 0) is 24.1 Å². The molecule has 7 nitrogen and oxygen atoms in total. The first-order valence-electron chi connectivity index (χ1n) is 10.4. The number of aromatic nitrogens is 3. The summed E-state index contributed by atoms with van der Waals surface area (Å²) in [6.07, 6.45) is 7.68. The topological polar surface area (TPSA) is 84.2 Å². The second-order valence-electron chi connectivity index (χ2n) is 8.01. The van der Waals surface area contributed by atoms with Crippen molar-refractivity contribution in [3.63, 3.8) is 0 Å². The molecule has 150 valence electrons. The maximum atomic E-state index is 12.3. The van der Waals surface area contributed by atoms with Gasteiger partial charge in [-0.3, -0.25) is 4.79 Å². The van der Waals surface area contributed by atoms with Crippen LogP contribution in [0.1, 0.15) is 60.4 Å². The summed E-state index contributed by atoms with van der Waals surface area (Å²) in [6.45, 7) is 5.63. The second kappa shape index (κ2) is 8.29. The normalized spacial score (nSPS) is 17.4. The molecule has 0 radical (unpaired) electrons. The quantitative estimate of drug-likeness (QED) is 0.855. The van der Waals surface area contributed by atoms with Crippen molar-refractivity contribution in [1.82, 2.24) is 20.7 Å². The predicted molar refractivity (Wildman–Crippen MR) is 106 cm³/mol. The third kappa shape index (κ3) is 4.18. The van der Waals surface area contributed by atoms with Crippen LogP contribution in [0.5, 0.6) is 0 Å². The zero-order chi connectivity index (χ0) is 19.5. The Balaban J connectivity index is 1.25. The van der Waals surface area contributed by atoms with E-state index < -0.39 is 0 Å². The number of nitrogens with one attached hydrogen (secondary N) is 1. The van der Waals surface area contributed by atoms with E-state index in [0.29, 0.717) is 12.8 Å². The Kier molecular flexibility index (Phi) is 5.59. The van der Waals surface area contributed by atoms with Crippen LogP contribution in [0.2, 0.25) is 0 Å². The van der Waals surface area contributed by atoms with E-state index in [1.54, 1.807) is 0 Å². The van der Waals surface area contributed by atoms with Crippen molar-refractivity contribution in [2.45, 2.75) is 71.3 Å². The molecule has 0 aromatic carbocycles. The molecule has 1 amide bonds. The molecule has 1 fully saturated rings. The zero-order valence-electron chi connectivity index (χ0n) is 16.8. The van der Waals surface area contributed by atoms with Gasteiger partial charge in [0.2, 0.25) is 5.91 Å². The molecule has 7 heteroatoms. The Labute approximate surface area is 165 Å². The Hall–Kier alpha value is -2.44. The van der Waals surface area contributed by atoms with E-state index in [0.717, 1.165) is 61.6 Å². The minimum absolute atomic E-state index is 0.104. The molecule has 4 rings (SSSR count). The molecule has 0 saturated carbocycles. The van der Waals surface area contributed by atoms with Gasteiger partial charge in [-0.25, -0.2) is 0 Å². The van der Waals surface area contributed by atoms with Gasteiger partial charge in [0.25, 0.3) is 0 Å². The summed E-state index contributed by atoms with van der Waals surface area (Å²) in [5.74, 6) is 1.90. The SMILES string of the molecule is Cc1noc(C)c1CCC(=O)NC1CCN(c2cc3c(nn2)CCCC3)CC1. The van der Waals surface area contributed by atoms with Crippen LogP contribution >= 0.6 is 0 Å². The number of nitrogens with zero attached hydrogens (tertiary/aromatic N) is 4. The van der Waals surface area contributed by atoms with Gasteiger partial charge in [0.1, 0.15) is 5.76 Å². The van der Waals surface area contributed by atoms with Gasteiger partial charge in [-0.05, 0) is 70.4 Å². The molecule has 1 aliphatic carbocycles. The lowest BCUT2D eigenvalue weighted by Gasteiger charge is -2.33. The standard InChI is InChI=1S/C21H29N5O2/c1-14-18(15(2)28-25-14)7-8-21(27)22-17-9-11-26(12-10-17)20-13-16-5-3-4-6-19(16)23-24-20/h13,17H,3-12H2,1-2H3,(H,22,27). The largest absolute Gasteiger partial charge is 0.361 e. The molecule has 0 atom stereocenters. The number of fused-ring (bicyclic) bond motifs is 1. The lowest BCUT2D eigenvalue weighted by Crippen LogP contribution is -2.45. The summed E-state index contributed by atoms with van der Waals surface area (Å²) in [6, 6.07) is 2.46. The zero-order valence-corrected chi connectivity index (χ0v) is 16.8. The highest BCUT2D eigenvalue weighted by Crippen LogP contribution is 2.24. The van der Waals surface area contributed by atoms with E-state index in [1.165, 1.54) is 24.1 Å². The molecule has 0 unspecified atom stereocenters. The lowest BCUT2D eigenvalue weighted by molar-refractivity contribution is -0.121. The van der Waals surface area contributed by atoms with Gasteiger partial charge in [0.15, 0.2) is 5.82 Å². The molecule has 28 heavy (non-hydrogen) atoms. The first kappa shape index (κ1) is 18.9. The number of amides is 1. The number of carbonyl (C=O) groups is 1. The maximum absolute atomic E-state index is 12.3. The van der Waals surface area contributed by atoms with Crippen molar-refractivity contribution in [2.75, 3.05) is 18.0 Å². The molecule has 3 heterocycles. The van der Waals surface area contributed by atoms with Gasteiger partial charge >= 0.3 is 0 Å². The average Bonchev–Trinajstić information content (AvgIpc) is 3.04. The van der Waals surface area contributed by atoms with Crippen LogP contribution in [-0.4, -0.2) is 40.4 Å². The Morgan fingerprint density at radius 3 is 2.75 bits per heavy atom. The highest BCUT2D eigenvalue weighted by Gasteiger charge is 2.23. The molecule has 1 saturated heterocycles. The predicted octanol–water partition coefficient (Wildman–Crippen LogP) is 2.68. The first-order chi connectivity index (χ1) is 13.6. The molecular formula is C21H29N5O2. The average molecular weight is 383 g/mol. The smallest absolute Gasteiger partial charge is 0.220 e. The van der Waals surface area contributed by atoms with Crippen molar-refractivity contribution < 1.29 is 9.32 Å². The van der Waals surface area contributed by atoms with Crippen LogP contribution in [0, 0.1) is 13.8 Å². The molecule has 0 spiro atoms. The molecule has 2 aliphatic rings. The van der Waals surface area contributed by atoms with Crippen molar-refractivity contribution in [1.29, 1.82) is 0 Å². The van der Waals surface area contributed by atoms with Gasteiger partial charge < -0.3 is 14.7 Å². The summed E-state index contributed by atoms with van der Waals surface area (Å²) in [5.41, 5.74) is 4.47. The van der Waals surface area contributed by atoms with Crippen molar-refractivity contribution in [2.24, 2.45) is 0 Å². The number of anilines is 1.